The molecule has 0 fully saturated rings. The zero-order chi connectivity index (χ0) is 12.3. The molecule has 0 atom stereocenters. The topological polar surface area (TPSA) is 29.4 Å². The number of nitrogens with zero attached hydrogens (tertiary/aromatic N) is 1. The quantitative estimate of drug-likeness (QED) is 0.438. The van der Waals surface area contributed by atoms with E-state index in [1.165, 1.54) is 7.05 Å². The molecule has 0 aliphatic rings. The lowest BCUT2D eigenvalue weighted by molar-refractivity contribution is -0.140. The first kappa shape index (κ1) is 12.4. The van der Waals surface area contributed by atoms with Crippen LogP contribution in [0.2, 0.25) is 0 Å². The van der Waals surface area contributed by atoms with Crippen LogP contribution in [0.5, 0.6) is 0 Å². The minimum atomic E-state index is -4.82. The lowest BCUT2D eigenvalue weighted by atomic mass is 10.1. The number of alkyl halides is 3. The second-order valence-electron chi connectivity index (χ2n) is 2.92. The van der Waals surface area contributed by atoms with Gasteiger partial charge >= 0.3 is 6.18 Å². The third-order valence-corrected chi connectivity index (χ3v) is 1.82. The highest BCUT2D eigenvalue weighted by atomic mass is 19.4. The maximum Gasteiger partial charge on any atom is 0.419 e. The van der Waals surface area contributed by atoms with Gasteiger partial charge in [-0.1, -0.05) is 6.07 Å². The van der Waals surface area contributed by atoms with E-state index in [0.717, 1.165) is 18.3 Å². The lowest BCUT2D eigenvalue weighted by Gasteiger charge is -2.09. The van der Waals surface area contributed by atoms with Crippen LogP contribution in [0.1, 0.15) is 15.9 Å². The van der Waals surface area contributed by atoms with Crippen molar-refractivity contribution >= 4 is 12.0 Å². The van der Waals surface area contributed by atoms with Gasteiger partial charge in [0.05, 0.1) is 17.3 Å². The summed E-state index contributed by atoms with van der Waals surface area (Å²) in [7, 11) is 1.27. The van der Waals surface area contributed by atoms with Crippen LogP contribution in [0.25, 0.3) is 0 Å². The molecule has 0 unspecified atom stereocenters. The van der Waals surface area contributed by atoms with Crippen molar-refractivity contribution in [3.8, 4) is 0 Å². The van der Waals surface area contributed by atoms with Crippen LogP contribution in [-0.2, 0) is 6.18 Å². The molecule has 6 heteroatoms. The van der Waals surface area contributed by atoms with Gasteiger partial charge in [0.2, 0.25) is 5.78 Å². The Balaban J connectivity index is 3.30. The Morgan fingerprint density at radius 2 is 2.00 bits per heavy atom. The van der Waals surface area contributed by atoms with Crippen LogP contribution < -0.4 is 0 Å². The van der Waals surface area contributed by atoms with Crippen LogP contribution in [0, 0.1) is 5.82 Å². The van der Waals surface area contributed by atoms with Gasteiger partial charge in [-0.15, -0.1) is 0 Å². The standard InChI is InChI=1S/C10H7F4NO/c1-15-5-8(16)6-3-2-4-7(9(6)11)10(12,13)14/h2-5H,1H3. The van der Waals surface area contributed by atoms with Crippen molar-refractivity contribution in [3.63, 3.8) is 0 Å². The number of carbonyl (C=O) groups is 1. The molecule has 1 aromatic rings. The number of Topliss-reactive ketones (excluding diaryl/α,β-unsaturated/α-hetero) is 1. The molecule has 0 aliphatic heterocycles. The predicted octanol–water partition coefficient (Wildman–Crippen LogP) is 2.73. The molecular formula is C10H7F4NO. The molecule has 0 spiro atoms. The van der Waals surface area contributed by atoms with Gasteiger partial charge in [0.25, 0.3) is 0 Å². The predicted molar refractivity (Wildman–Crippen MR) is 50.1 cm³/mol. The lowest BCUT2D eigenvalue weighted by Crippen LogP contribution is -2.12. The molecule has 86 valence electrons. The van der Waals surface area contributed by atoms with Crippen LogP contribution in [0.3, 0.4) is 0 Å². The van der Waals surface area contributed by atoms with E-state index in [1.807, 2.05) is 0 Å². The number of ketones is 1. The molecule has 0 heterocycles. The smallest absolute Gasteiger partial charge is 0.292 e. The monoisotopic (exact) mass is 233 g/mol. The van der Waals surface area contributed by atoms with E-state index < -0.39 is 28.9 Å². The van der Waals surface area contributed by atoms with E-state index in [0.29, 0.717) is 6.07 Å². The molecule has 0 bridgehead atoms. The Morgan fingerprint density at radius 1 is 1.38 bits per heavy atom. The molecule has 0 radical (unpaired) electrons. The first-order valence-electron chi connectivity index (χ1n) is 4.20. The second-order valence-corrected chi connectivity index (χ2v) is 2.92. The number of halogens is 4. The molecule has 0 aliphatic carbocycles. The first-order chi connectivity index (χ1) is 7.38. The van der Waals surface area contributed by atoms with Gasteiger partial charge in [-0.05, 0) is 12.1 Å². The SMILES string of the molecule is CN=CC(=O)c1cccc(C(F)(F)F)c1F. The van der Waals surface area contributed by atoms with Crippen LogP contribution >= 0.6 is 0 Å². The van der Waals surface area contributed by atoms with Crippen LogP contribution in [0.4, 0.5) is 17.6 Å². The highest BCUT2D eigenvalue weighted by Gasteiger charge is 2.35. The van der Waals surface area contributed by atoms with E-state index in [-0.39, 0.29) is 0 Å². The number of aliphatic imine (C=N–C) groups is 1. The Morgan fingerprint density at radius 3 is 2.50 bits per heavy atom. The zero-order valence-electron chi connectivity index (χ0n) is 8.18. The van der Waals surface area contributed by atoms with Gasteiger partial charge in [-0.25, -0.2) is 4.39 Å². The third-order valence-electron chi connectivity index (χ3n) is 1.82. The van der Waals surface area contributed by atoms with E-state index >= 15 is 0 Å². The summed E-state index contributed by atoms with van der Waals surface area (Å²) in [6.45, 7) is 0. The van der Waals surface area contributed by atoms with Crippen LogP contribution in [0.15, 0.2) is 23.2 Å². The van der Waals surface area contributed by atoms with Crippen molar-refractivity contribution in [2.24, 2.45) is 4.99 Å². The fraction of sp³-hybridized carbons (Fsp3) is 0.200. The van der Waals surface area contributed by atoms with Crippen molar-refractivity contribution in [3.05, 3.63) is 35.1 Å². The molecule has 2 nitrogen and oxygen atoms in total. The molecular weight excluding hydrogens is 226 g/mol. The summed E-state index contributed by atoms with van der Waals surface area (Å²) in [6.07, 6.45) is -4.05. The summed E-state index contributed by atoms with van der Waals surface area (Å²) in [4.78, 5) is 14.5. The molecule has 16 heavy (non-hydrogen) atoms. The number of benzene rings is 1. The van der Waals surface area contributed by atoms with Gasteiger partial charge in [-0.2, -0.15) is 13.2 Å². The largest absolute Gasteiger partial charge is 0.419 e. The molecule has 0 amide bonds. The molecule has 0 saturated carbocycles. The van der Waals surface area contributed by atoms with Crippen molar-refractivity contribution in [1.29, 1.82) is 0 Å². The number of rotatable bonds is 2. The highest BCUT2D eigenvalue weighted by molar-refractivity contribution is 6.35. The third kappa shape index (κ3) is 2.44. The maximum absolute atomic E-state index is 13.3. The second kappa shape index (κ2) is 4.42. The van der Waals surface area contributed by atoms with E-state index in [9.17, 15) is 22.4 Å². The van der Waals surface area contributed by atoms with Gasteiger partial charge < -0.3 is 0 Å². The van der Waals surface area contributed by atoms with Gasteiger partial charge in [0.1, 0.15) is 5.82 Å². The van der Waals surface area contributed by atoms with E-state index in [1.54, 1.807) is 0 Å². The Bertz CT molecular complexity index is 437. The van der Waals surface area contributed by atoms with Gasteiger partial charge in [0.15, 0.2) is 0 Å². The first-order valence-corrected chi connectivity index (χ1v) is 4.20. The molecule has 0 saturated heterocycles. The summed E-state index contributed by atoms with van der Waals surface area (Å²) in [5.74, 6) is -2.47. The Hall–Kier alpha value is -1.72. The van der Waals surface area contributed by atoms with E-state index in [2.05, 4.69) is 4.99 Å². The van der Waals surface area contributed by atoms with Crippen molar-refractivity contribution < 1.29 is 22.4 Å². The summed E-state index contributed by atoms with van der Waals surface area (Å²) < 4.78 is 50.2. The summed E-state index contributed by atoms with van der Waals surface area (Å²) in [6, 6.07) is 2.53. The maximum atomic E-state index is 13.3. The number of carbonyl (C=O) groups excluding carboxylic acids is 1. The Labute approximate surface area is 88.6 Å². The summed E-state index contributed by atoms with van der Waals surface area (Å²) in [5, 5.41) is 0. The average molecular weight is 233 g/mol. The zero-order valence-corrected chi connectivity index (χ0v) is 8.18. The number of hydrogen-bond donors (Lipinski definition) is 0. The van der Waals surface area contributed by atoms with Crippen molar-refractivity contribution in [1.82, 2.24) is 0 Å². The van der Waals surface area contributed by atoms with Gasteiger partial charge in [0, 0.05) is 7.05 Å². The Kier molecular flexibility index (Phi) is 3.41. The highest BCUT2D eigenvalue weighted by Crippen LogP contribution is 2.32. The fourth-order valence-corrected chi connectivity index (χ4v) is 1.13. The average Bonchev–Trinajstić information content (AvgIpc) is 2.16. The summed E-state index contributed by atoms with van der Waals surface area (Å²) in [5.41, 5.74) is -2.09. The van der Waals surface area contributed by atoms with Crippen LogP contribution in [-0.4, -0.2) is 19.0 Å². The minimum Gasteiger partial charge on any atom is -0.292 e. The number of hydrogen-bond acceptors (Lipinski definition) is 2. The van der Waals surface area contributed by atoms with Crippen molar-refractivity contribution in [2.75, 3.05) is 7.05 Å². The normalized spacial score (nSPS) is 12.1. The minimum absolute atomic E-state index is 0.579. The molecule has 1 rings (SSSR count). The van der Waals surface area contributed by atoms with E-state index in [4.69, 9.17) is 0 Å². The fourth-order valence-electron chi connectivity index (χ4n) is 1.13. The summed E-state index contributed by atoms with van der Waals surface area (Å²) >= 11 is 0. The van der Waals surface area contributed by atoms with Gasteiger partial charge in [-0.3, -0.25) is 9.79 Å². The molecule has 1 aromatic carbocycles. The molecule has 0 N–H and O–H groups in total. The molecule has 0 aromatic heterocycles. The van der Waals surface area contributed by atoms with Crippen molar-refractivity contribution in [2.45, 2.75) is 6.18 Å².